The maximum atomic E-state index is 5.90. The Bertz CT molecular complexity index is 752. The van der Waals surface area contributed by atoms with Gasteiger partial charge in [-0.25, -0.2) is 9.67 Å². The molecule has 0 bridgehead atoms. The maximum absolute atomic E-state index is 5.90. The highest BCUT2D eigenvalue weighted by molar-refractivity contribution is 7.98. The second-order valence-electron chi connectivity index (χ2n) is 4.40. The lowest BCUT2D eigenvalue weighted by atomic mass is 10.1. The summed E-state index contributed by atoms with van der Waals surface area (Å²) in [5.74, 6) is 1.98. The average Bonchev–Trinajstić information content (AvgIpc) is 3.04. The third kappa shape index (κ3) is 3.08. The highest BCUT2D eigenvalue weighted by Gasteiger charge is 2.13. The van der Waals surface area contributed by atoms with E-state index in [0.29, 0.717) is 16.7 Å². The molecule has 2 aromatic heterocycles. The lowest BCUT2D eigenvalue weighted by molar-refractivity contribution is 0.529. The van der Waals surface area contributed by atoms with E-state index in [-0.39, 0.29) is 0 Å². The first-order valence-electron chi connectivity index (χ1n) is 6.21. The number of oxazole rings is 1. The molecule has 0 saturated carbocycles. The Morgan fingerprint density at radius 3 is 2.71 bits per heavy atom. The van der Waals surface area contributed by atoms with Crippen molar-refractivity contribution in [3.63, 3.8) is 0 Å². The standard InChI is InChI=1S/C13H12ClN5OS/c1-8-12(9-3-5-10(14)6-4-9)20-11(15-8)7-21-13-16-17-18-19(13)2/h3-6H,7H2,1-2H3. The van der Waals surface area contributed by atoms with Gasteiger partial charge in [0.1, 0.15) is 0 Å². The molecule has 0 radical (unpaired) electrons. The van der Waals surface area contributed by atoms with Gasteiger partial charge in [-0.2, -0.15) is 0 Å². The van der Waals surface area contributed by atoms with Crippen molar-refractivity contribution in [1.82, 2.24) is 25.2 Å². The van der Waals surface area contributed by atoms with Crippen molar-refractivity contribution < 1.29 is 4.42 Å². The molecule has 6 nitrogen and oxygen atoms in total. The molecule has 0 aliphatic heterocycles. The summed E-state index contributed by atoms with van der Waals surface area (Å²) in [6.07, 6.45) is 0. The Balaban J connectivity index is 1.78. The zero-order valence-electron chi connectivity index (χ0n) is 11.4. The van der Waals surface area contributed by atoms with Crippen LogP contribution in [0.25, 0.3) is 11.3 Å². The van der Waals surface area contributed by atoms with E-state index < -0.39 is 0 Å². The van der Waals surface area contributed by atoms with Gasteiger partial charge < -0.3 is 4.42 Å². The molecule has 0 atom stereocenters. The second-order valence-corrected chi connectivity index (χ2v) is 5.78. The lowest BCUT2D eigenvalue weighted by Crippen LogP contribution is -1.93. The first kappa shape index (κ1) is 14.1. The van der Waals surface area contributed by atoms with E-state index in [1.807, 2.05) is 31.2 Å². The van der Waals surface area contributed by atoms with Gasteiger partial charge in [0.05, 0.1) is 11.4 Å². The van der Waals surface area contributed by atoms with Crippen molar-refractivity contribution in [2.75, 3.05) is 0 Å². The molecule has 0 spiro atoms. The molecule has 3 aromatic rings. The fourth-order valence-electron chi connectivity index (χ4n) is 1.85. The van der Waals surface area contributed by atoms with Gasteiger partial charge in [-0.1, -0.05) is 23.4 Å². The molecule has 1 aromatic carbocycles. The number of benzene rings is 1. The molecule has 0 amide bonds. The smallest absolute Gasteiger partial charge is 0.209 e. The summed E-state index contributed by atoms with van der Waals surface area (Å²) in [6.45, 7) is 1.92. The number of rotatable bonds is 4. The highest BCUT2D eigenvalue weighted by Crippen LogP contribution is 2.28. The van der Waals surface area contributed by atoms with Crippen LogP contribution in [0.1, 0.15) is 11.6 Å². The fourth-order valence-corrected chi connectivity index (χ4v) is 2.67. The number of thioether (sulfide) groups is 1. The molecular weight excluding hydrogens is 310 g/mol. The number of hydrogen-bond acceptors (Lipinski definition) is 6. The van der Waals surface area contributed by atoms with E-state index in [1.54, 1.807) is 11.7 Å². The van der Waals surface area contributed by atoms with Crippen LogP contribution in [0.4, 0.5) is 0 Å². The van der Waals surface area contributed by atoms with Gasteiger partial charge in [-0.05, 0) is 41.6 Å². The van der Waals surface area contributed by atoms with Crippen molar-refractivity contribution in [2.24, 2.45) is 7.05 Å². The molecule has 0 unspecified atom stereocenters. The van der Waals surface area contributed by atoms with E-state index in [2.05, 4.69) is 20.5 Å². The maximum Gasteiger partial charge on any atom is 0.209 e. The molecule has 108 valence electrons. The first-order chi connectivity index (χ1) is 10.1. The number of nitrogens with zero attached hydrogens (tertiary/aromatic N) is 5. The Kier molecular flexibility index (Phi) is 3.94. The molecule has 0 aliphatic carbocycles. The van der Waals surface area contributed by atoms with Gasteiger partial charge in [0.15, 0.2) is 5.76 Å². The summed E-state index contributed by atoms with van der Waals surface area (Å²) in [5.41, 5.74) is 1.81. The summed E-state index contributed by atoms with van der Waals surface area (Å²) in [4.78, 5) is 4.44. The van der Waals surface area contributed by atoms with Crippen molar-refractivity contribution in [2.45, 2.75) is 17.8 Å². The SMILES string of the molecule is Cc1nc(CSc2nnnn2C)oc1-c1ccc(Cl)cc1. The van der Waals surface area contributed by atoms with Crippen LogP contribution >= 0.6 is 23.4 Å². The Morgan fingerprint density at radius 1 is 1.29 bits per heavy atom. The molecule has 21 heavy (non-hydrogen) atoms. The van der Waals surface area contributed by atoms with Crippen LogP contribution in [0, 0.1) is 6.92 Å². The molecule has 3 rings (SSSR count). The first-order valence-corrected chi connectivity index (χ1v) is 7.57. The Morgan fingerprint density at radius 2 is 2.05 bits per heavy atom. The number of halogens is 1. The van der Waals surface area contributed by atoms with Crippen molar-refractivity contribution in [3.8, 4) is 11.3 Å². The molecular formula is C13H12ClN5OS. The van der Waals surface area contributed by atoms with Crippen molar-refractivity contribution in [1.29, 1.82) is 0 Å². The van der Waals surface area contributed by atoms with E-state index in [1.165, 1.54) is 11.8 Å². The van der Waals surface area contributed by atoms with E-state index in [0.717, 1.165) is 22.2 Å². The monoisotopic (exact) mass is 321 g/mol. The minimum Gasteiger partial charge on any atom is -0.440 e. The topological polar surface area (TPSA) is 69.6 Å². The van der Waals surface area contributed by atoms with Crippen molar-refractivity contribution in [3.05, 3.63) is 40.9 Å². The zero-order chi connectivity index (χ0) is 14.8. The number of aryl methyl sites for hydroxylation is 2. The molecule has 0 aliphatic rings. The average molecular weight is 322 g/mol. The summed E-state index contributed by atoms with van der Waals surface area (Å²) in [6, 6.07) is 7.50. The lowest BCUT2D eigenvalue weighted by Gasteiger charge is -1.98. The van der Waals surface area contributed by atoms with E-state index in [9.17, 15) is 0 Å². The molecule has 0 saturated heterocycles. The van der Waals surface area contributed by atoms with Gasteiger partial charge in [0.25, 0.3) is 0 Å². The van der Waals surface area contributed by atoms with Crippen LogP contribution in [-0.4, -0.2) is 25.2 Å². The van der Waals surface area contributed by atoms with E-state index >= 15 is 0 Å². The summed E-state index contributed by atoms with van der Waals surface area (Å²) in [5, 5.41) is 12.7. The minimum absolute atomic E-state index is 0.572. The Hall–Kier alpha value is -1.86. The highest BCUT2D eigenvalue weighted by atomic mass is 35.5. The van der Waals surface area contributed by atoms with Crippen molar-refractivity contribution >= 4 is 23.4 Å². The summed E-state index contributed by atoms with van der Waals surface area (Å²) < 4.78 is 7.44. The largest absolute Gasteiger partial charge is 0.440 e. The van der Waals surface area contributed by atoms with Gasteiger partial charge in [0.2, 0.25) is 11.0 Å². The van der Waals surface area contributed by atoms with Crippen LogP contribution in [0.3, 0.4) is 0 Å². The quantitative estimate of drug-likeness (QED) is 0.688. The normalized spacial score (nSPS) is 11.0. The van der Waals surface area contributed by atoms with Crippen LogP contribution in [0.2, 0.25) is 5.02 Å². The van der Waals surface area contributed by atoms with Gasteiger partial charge >= 0.3 is 0 Å². The number of aromatic nitrogens is 5. The van der Waals surface area contributed by atoms with Crippen LogP contribution < -0.4 is 0 Å². The van der Waals surface area contributed by atoms with Crippen LogP contribution in [0.5, 0.6) is 0 Å². The summed E-state index contributed by atoms with van der Waals surface area (Å²) in [7, 11) is 1.79. The minimum atomic E-state index is 0.572. The molecule has 2 heterocycles. The van der Waals surface area contributed by atoms with E-state index in [4.69, 9.17) is 16.0 Å². The van der Waals surface area contributed by atoms with Gasteiger partial charge in [-0.15, -0.1) is 5.10 Å². The molecule has 8 heteroatoms. The summed E-state index contributed by atoms with van der Waals surface area (Å²) >= 11 is 7.37. The van der Waals surface area contributed by atoms with Gasteiger partial charge in [-0.3, -0.25) is 0 Å². The van der Waals surface area contributed by atoms with Crippen LogP contribution in [-0.2, 0) is 12.8 Å². The molecule has 0 N–H and O–H groups in total. The fraction of sp³-hybridized carbons (Fsp3) is 0.231. The number of tetrazole rings is 1. The molecule has 0 fully saturated rings. The predicted molar refractivity (Wildman–Crippen MR) is 80.0 cm³/mol. The zero-order valence-corrected chi connectivity index (χ0v) is 13.0. The van der Waals surface area contributed by atoms with Crippen LogP contribution in [0.15, 0.2) is 33.8 Å². The second kappa shape index (κ2) is 5.87. The third-order valence-electron chi connectivity index (χ3n) is 2.85. The predicted octanol–water partition coefficient (Wildman–Crippen LogP) is 3.12. The number of hydrogen-bond donors (Lipinski definition) is 0. The Labute approximate surface area is 130 Å². The van der Waals surface area contributed by atoms with Gasteiger partial charge in [0, 0.05) is 17.6 Å². The third-order valence-corrected chi connectivity index (χ3v) is 4.10.